The fourth-order valence-corrected chi connectivity index (χ4v) is 1.000. The Labute approximate surface area is 106 Å². The summed E-state index contributed by atoms with van der Waals surface area (Å²) in [4.78, 5) is 10.0. The molecule has 6 heteroatoms. The second-order valence-corrected chi connectivity index (χ2v) is 2.83. The van der Waals surface area contributed by atoms with Gasteiger partial charge in [0.2, 0.25) is 0 Å². The molecule has 1 unspecified atom stereocenters. The Morgan fingerprint density at radius 2 is 2.08 bits per heavy atom. The average molecular weight is 226 g/mol. The predicted octanol–water partition coefficient (Wildman–Crippen LogP) is 0.546. The van der Waals surface area contributed by atoms with E-state index in [2.05, 4.69) is 4.52 Å². The van der Waals surface area contributed by atoms with Crippen LogP contribution >= 0.6 is 8.25 Å². The molecule has 0 saturated heterocycles. The molecule has 1 aromatic carbocycles. The van der Waals surface area contributed by atoms with Gasteiger partial charge in [-0.1, -0.05) is 18.2 Å². The van der Waals surface area contributed by atoms with Crippen LogP contribution in [0.5, 0.6) is 5.75 Å². The van der Waals surface area contributed by atoms with Gasteiger partial charge in [-0.2, -0.15) is 0 Å². The van der Waals surface area contributed by atoms with Gasteiger partial charge < -0.3 is 10.00 Å². The normalized spacial score (nSPS) is 10.4. The second kappa shape index (κ2) is 6.71. The summed E-state index contributed by atoms with van der Waals surface area (Å²) in [6.45, 7) is -0.120. The molecule has 0 bridgehead atoms. The molecule has 64 valence electrons. The van der Waals surface area contributed by atoms with E-state index >= 15 is 0 Å². The third-order valence-electron chi connectivity index (χ3n) is 1.32. The Morgan fingerprint density at radius 1 is 1.46 bits per heavy atom. The zero-order valence-electron chi connectivity index (χ0n) is 6.84. The van der Waals surface area contributed by atoms with Gasteiger partial charge in [0.25, 0.3) is 0 Å². The minimum Gasteiger partial charge on any atom is -0.566 e. The maximum absolute atomic E-state index is 10.0. The molecule has 0 aliphatic rings. The summed E-state index contributed by atoms with van der Waals surface area (Å²) in [5.41, 5.74) is 0.455. The summed E-state index contributed by atoms with van der Waals surface area (Å²) in [6, 6.07) is 6.40. The minimum atomic E-state index is -2.85. The van der Waals surface area contributed by atoms with Crippen molar-refractivity contribution < 1.29 is 19.1 Å². The number of aromatic hydroxyl groups is 1. The van der Waals surface area contributed by atoms with Crippen molar-refractivity contribution in [2.45, 2.75) is 6.61 Å². The van der Waals surface area contributed by atoms with E-state index in [1.54, 1.807) is 18.2 Å². The number of hydrogen-bond donors (Lipinski definition) is 1. The molecule has 0 aromatic heterocycles. The second-order valence-electron chi connectivity index (χ2n) is 2.13. The molecule has 0 fully saturated rings. The van der Waals surface area contributed by atoms with Crippen molar-refractivity contribution in [3.8, 4) is 5.75 Å². The van der Waals surface area contributed by atoms with Crippen molar-refractivity contribution in [3.05, 3.63) is 29.8 Å². The molecule has 0 aliphatic heterocycles. The number of hydrogen-bond acceptors (Lipinski definition) is 4. The van der Waals surface area contributed by atoms with Crippen LogP contribution in [0.2, 0.25) is 0 Å². The first kappa shape index (κ1) is 13.3. The largest absolute Gasteiger partial charge is 2.00 e. The van der Waals surface area contributed by atoms with Crippen LogP contribution in [-0.4, -0.2) is 42.8 Å². The Kier molecular flexibility index (Phi) is 6.86. The van der Waals surface area contributed by atoms with Gasteiger partial charge in [-0.15, -0.1) is 4.52 Å². The molecule has 0 heterocycles. The molecule has 0 radical (unpaired) electrons. The van der Waals surface area contributed by atoms with Crippen molar-refractivity contribution >= 4 is 46.0 Å². The van der Waals surface area contributed by atoms with Gasteiger partial charge >= 0.3 is 46.0 Å². The molecular formula is C7H7CaO4P+2. The zero-order chi connectivity index (χ0) is 8.97. The molecule has 0 aliphatic carbocycles. The van der Waals surface area contributed by atoms with E-state index in [-0.39, 0.29) is 50.1 Å². The van der Waals surface area contributed by atoms with Gasteiger partial charge in [0.1, 0.15) is 12.4 Å². The molecule has 1 N–H and O–H groups in total. The van der Waals surface area contributed by atoms with Crippen LogP contribution in [0.25, 0.3) is 0 Å². The van der Waals surface area contributed by atoms with Gasteiger partial charge in [-0.25, -0.2) is 0 Å². The van der Waals surface area contributed by atoms with Crippen molar-refractivity contribution in [2.24, 2.45) is 0 Å². The van der Waals surface area contributed by atoms with Crippen LogP contribution in [-0.2, 0) is 15.7 Å². The number of para-hydroxylation sites is 1. The topological polar surface area (TPSA) is 69.6 Å². The smallest absolute Gasteiger partial charge is 0.566 e. The molecular weight excluding hydrogens is 219 g/mol. The summed E-state index contributed by atoms with van der Waals surface area (Å²) in [6.07, 6.45) is 0. The predicted molar refractivity (Wildman–Crippen MR) is 46.3 cm³/mol. The summed E-state index contributed by atoms with van der Waals surface area (Å²) in [5.74, 6) is 0.0364. The van der Waals surface area contributed by atoms with Crippen LogP contribution in [0.3, 0.4) is 0 Å². The third-order valence-corrected chi connectivity index (χ3v) is 1.66. The molecule has 0 saturated carbocycles. The Bertz CT molecular complexity index is 292. The molecule has 0 spiro atoms. The standard InChI is InChI=1S/C7H7O4P.Ca/c8-7-4-2-1-3-6(7)5-11-12(9)10;/h1-4,8H,5H2;/q;+2. The number of benzene rings is 1. The quantitative estimate of drug-likeness (QED) is 0.603. The molecule has 0 amide bonds. The molecule has 4 nitrogen and oxygen atoms in total. The number of phenols is 1. The van der Waals surface area contributed by atoms with E-state index in [4.69, 9.17) is 5.11 Å². The summed E-state index contributed by atoms with van der Waals surface area (Å²) < 4.78 is 14.3. The fraction of sp³-hybridized carbons (Fsp3) is 0.143. The maximum Gasteiger partial charge on any atom is 2.00 e. The van der Waals surface area contributed by atoms with Crippen molar-refractivity contribution in [3.63, 3.8) is 0 Å². The third kappa shape index (κ3) is 4.91. The van der Waals surface area contributed by atoms with E-state index in [0.29, 0.717) is 5.56 Å². The van der Waals surface area contributed by atoms with E-state index in [9.17, 15) is 9.46 Å². The monoisotopic (exact) mass is 226 g/mol. The van der Waals surface area contributed by atoms with E-state index in [1.165, 1.54) is 6.07 Å². The van der Waals surface area contributed by atoms with Gasteiger partial charge in [-0.3, -0.25) is 0 Å². The maximum atomic E-state index is 10.0. The molecule has 1 rings (SSSR count). The first-order valence-electron chi connectivity index (χ1n) is 3.24. The van der Waals surface area contributed by atoms with Gasteiger partial charge in [0.15, 0.2) is 0 Å². The summed E-state index contributed by atoms with van der Waals surface area (Å²) >= 11 is 0. The van der Waals surface area contributed by atoms with Crippen LogP contribution < -0.4 is 4.89 Å². The van der Waals surface area contributed by atoms with Crippen molar-refractivity contribution in [1.82, 2.24) is 0 Å². The van der Waals surface area contributed by atoms with Gasteiger partial charge in [0.05, 0.1) is 0 Å². The Morgan fingerprint density at radius 3 is 2.62 bits per heavy atom. The minimum absolute atomic E-state index is 0. The Hall–Kier alpha value is 0.300. The van der Waals surface area contributed by atoms with Crippen molar-refractivity contribution in [1.29, 1.82) is 0 Å². The van der Waals surface area contributed by atoms with Gasteiger partial charge in [0, 0.05) is 5.56 Å². The van der Waals surface area contributed by atoms with E-state index in [1.807, 2.05) is 0 Å². The van der Waals surface area contributed by atoms with Crippen LogP contribution in [0, 0.1) is 0 Å². The number of rotatable bonds is 3. The molecule has 1 atom stereocenters. The van der Waals surface area contributed by atoms with Gasteiger partial charge in [-0.05, 0) is 10.6 Å². The van der Waals surface area contributed by atoms with Crippen LogP contribution in [0.4, 0.5) is 0 Å². The molecule has 13 heavy (non-hydrogen) atoms. The Balaban J connectivity index is 0.00000144. The zero-order valence-corrected chi connectivity index (χ0v) is 9.95. The van der Waals surface area contributed by atoms with E-state index < -0.39 is 8.25 Å². The van der Waals surface area contributed by atoms with Crippen molar-refractivity contribution in [2.75, 3.05) is 0 Å². The van der Waals surface area contributed by atoms with Crippen LogP contribution in [0.15, 0.2) is 24.3 Å². The SMILES string of the molecule is O=[P+]([O-])OCc1ccccc1O.[Ca+2]. The fourth-order valence-electron chi connectivity index (χ4n) is 0.755. The summed E-state index contributed by atoms with van der Waals surface area (Å²) in [5, 5.41) is 9.15. The summed E-state index contributed by atoms with van der Waals surface area (Å²) in [7, 11) is -2.85. The van der Waals surface area contributed by atoms with Crippen LogP contribution in [0.1, 0.15) is 5.56 Å². The number of phenolic OH excluding ortho intramolecular Hbond substituents is 1. The van der Waals surface area contributed by atoms with E-state index in [0.717, 1.165) is 0 Å². The average Bonchev–Trinajstić information content (AvgIpc) is 2.03. The first-order chi connectivity index (χ1) is 5.70. The molecule has 1 aromatic rings. The first-order valence-corrected chi connectivity index (χ1v) is 4.34.